The molecule has 0 unspecified atom stereocenters. The molecule has 3 saturated heterocycles. The predicted molar refractivity (Wildman–Crippen MR) is 166 cm³/mol. The summed E-state index contributed by atoms with van der Waals surface area (Å²) in [5.41, 5.74) is -0.628. The molecule has 0 aliphatic carbocycles. The minimum Gasteiger partial charge on any atom is -0.455 e. The van der Waals surface area contributed by atoms with Crippen LogP contribution in [-0.4, -0.2) is 126 Å². The summed E-state index contributed by atoms with van der Waals surface area (Å²) in [6.07, 6.45) is 6.76. The molecule has 1 aromatic carbocycles. The molecule has 1 spiro atoms. The van der Waals surface area contributed by atoms with Crippen molar-refractivity contribution in [2.24, 2.45) is 11.8 Å². The molecule has 6 rings (SSSR count). The monoisotopic (exact) mass is 636 g/mol. The van der Waals surface area contributed by atoms with Crippen molar-refractivity contribution in [2.45, 2.75) is 56.1 Å². The lowest BCUT2D eigenvalue weighted by molar-refractivity contribution is -0.161. The molecule has 12 nitrogen and oxygen atoms in total. The smallest absolute Gasteiger partial charge is 0.313 e. The fourth-order valence-corrected chi connectivity index (χ4v) is 7.49. The summed E-state index contributed by atoms with van der Waals surface area (Å²) in [4.78, 5) is 61.4. The molecule has 0 saturated carbocycles. The van der Waals surface area contributed by atoms with Gasteiger partial charge in [-0.05, 0) is 25.3 Å². The Morgan fingerprint density at radius 1 is 1.00 bits per heavy atom. The number of nitrogens with one attached hydrogen (secondary N) is 1. The van der Waals surface area contributed by atoms with E-state index in [2.05, 4.69) is 10.2 Å². The van der Waals surface area contributed by atoms with Gasteiger partial charge in [0.25, 0.3) is 0 Å². The van der Waals surface area contributed by atoms with Crippen LogP contribution in [0.5, 0.6) is 0 Å². The first-order valence-corrected chi connectivity index (χ1v) is 16.4. The van der Waals surface area contributed by atoms with Gasteiger partial charge in [0.15, 0.2) is 0 Å². The topological polar surface area (TPSA) is 138 Å². The molecule has 5 bridgehead atoms. The number of hydrogen-bond acceptors (Lipinski definition) is 9. The Kier molecular flexibility index (Phi) is 9.88. The lowest BCUT2D eigenvalue weighted by Gasteiger charge is -2.37. The highest BCUT2D eigenvalue weighted by Crippen LogP contribution is 2.56. The quantitative estimate of drug-likeness (QED) is 0.329. The van der Waals surface area contributed by atoms with Crippen molar-refractivity contribution in [3.63, 3.8) is 0 Å². The number of carbonyl (C=O) groups excluding carboxylic acids is 4. The fraction of sp³-hybridized carbons (Fsp3) is 0.588. The second kappa shape index (κ2) is 14.0. The lowest BCUT2D eigenvalue weighted by atomic mass is 9.74. The maximum Gasteiger partial charge on any atom is 0.313 e. The third-order valence-corrected chi connectivity index (χ3v) is 9.78. The van der Waals surface area contributed by atoms with Crippen LogP contribution < -0.4 is 5.32 Å². The molecule has 248 valence electrons. The highest BCUT2D eigenvalue weighted by Gasteiger charge is 2.73. The maximum absolute atomic E-state index is 14.6. The Balaban J connectivity index is 1.36. The Morgan fingerprint density at radius 2 is 1.78 bits per heavy atom. The predicted octanol–water partition coefficient (Wildman–Crippen LogP) is 0.819. The van der Waals surface area contributed by atoms with Crippen molar-refractivity contribution in [3.05, 3.63) is 60.2 Å². The standard InChI is InChI=1S/C34H44N4O8/c1-23-29(24-9-4-2-5-10-24)45-33(43)27-25-12-13-34(46-25)28(27)31(41)38(15-8-20-39)30(34)32(42)37(14-7-3-6-11-26(40)35-23)17-16-36-18-21-44-22-19-36/h2-5,7,9-10,12-13,23,25,27-30,39H,6,8,11,14-22H2,1H3,(H,35,40)/b7-3-/t23-,25+,27-,28-,29+,30+,34-/m0/s1. The number of morpholine rings is 1. The zero-order valence-electron chi connectivity index (χ0n) is 26.3. The molecular formula is C34H44N4O8. The average molecular weight is 637 g/mol. The fourth-order valence-electron chi connectivity index (χ4n) is 7.49. The van der Waals surface area contributed by atoms with Crippen molar-refractivity contribution >= 4 is 23.7 Å². The molecule has 3 amide bonds. The van der Waals surface area contributed by atoms with Crippen molar-refractivity contribution in [3.8, 4) is 0 Å². The van der Waals surface area contributed by atoms with Gasteiger partial charge in [0.05, 0.1) is 31.3 Å². The largest absolute Gasteiger partial charge is 0.455 e. The van der Waals surface area contributed by atoms with Crippen molar-refractivity contribution in [1.29, 1.82) is 0 Å². The molecule has 0 radical (unpaired) electrons. The molecule has 2 N–H and O–H groups in total. The molecular weight excluding hydrogens is 592 g/mol. The normalized spacial score (nSPS) is 34.5. The number of nitrogens with zero attached hydrogens (tertiary/aromatic N) is 3. The molecule has 46 heavy (non-hydrogen) atoms. The number of likely N-dealkylation sites (tertiary alicyclic amines) is 1. The summed E-state index contributed by atoms with van der Waals surface area (Å²) >= 11 is 0. The summed E-state index contributed by atoms with van der Waals surface area (Å²) in [6, 6.07) is 7.65. The van der Waals surface area contributed by atoms with Gasteiger partial charge in [-0.25, -0.2) is 0 Å². The minimum absolute atomic E-state index is 0.149. The second-order valence-electron chi connectivity index (χ2n) is 12.7. The van der Waals surface area contributed by atoms with E-state index in [4.69, 9.17) is 14.2 Å². The second-order valence-corrected chi connectivity index (χ2v) is 12.7. The number of fused-ring (bicyclic) bond motifs is 2. The summed E-state index contributed by atoms with van der Waals surface area (Å²) in [5.74, 6) is -3.37. The molecule has 5 aliphatic rings. The van der Waals surface area contributed by atoms with Crippen LogP contribution in [-0.2, 0) is 33.4 Å². The third-order valence-electron chi connectivity index (χ3n) is 9.78. The molecule has 0 aromatic heterocycles. The Hall–Kier alpha value is -3.58. The van der Waals surface area contributed by atoms with Gasteiger partial charge in [-0.2, -0.15) is 0 Å². The van der Waals surface area contributed by atoms with E-state index in [1.54, 1.807) is 24.0 Å². The summed E-state index contributed by atoms with van der Waals surface area (Å²) < 4.78 is 18.2. The first-order chi connectivity index (χ1) is 22.3. The Labute approximate surface area is 269 Å². The van der Waals surface area contributed by atoms with Crippen LogP contribution in [0, 0.1) is 11.8 Å². The van der Waals surface area contributed by atoms with Crippen LogP contribution in [0.25, 0.3) is 0 Å². The number of benzene rings is 1. The van der Waals surface area contributed by atoms with Gasteiger partial charge in [-0.15, -0.1) is 0 Å². The summed E-state index contributed by atoms with van der Waals surface area (Å²) in [6.45, 7) is 5.92. The summed E-state index contributed by atoms with van der Waals surface area (Å²) in [5, 5.41) is 12.7. The summed E-state index contributed by atoms with van der Waals surface area (Å²) in [7, 11) is 0. The SMILES string of the molecule is C[C@@H]1NC(=O)CC/C=C\CN(CCN2CCOCC2)C(=O)[C@H]2N(CCCO)C(=O)[C@@H]3[C@@H](C(=O)O[C@H]1c1ccccc1)[C@H]1C=C[C@]32O1. The zero-order valence-corrected chi connectivity index (χ0v) is 26.3. The number of aliphatic hydroxyl groups is 1. The molecule has 3 fully saturated rings. The van der Waals surface area contributed by atoms with Gasteiger partial charge in [0.2, 0.25) is 17.7 Å². The maximum atomic E-state index is 14.6. The van der Waals surface area contributed by atoms with E-state index in [9.17, 15) is 24.3 Å². The molecule has 5 aliphatic heterocycles. The first kappa shape index (κ1) is 32.4. The van der Waals surface area contributed by atoms with E-state index >= 15 is 0 Å². The van der Waals surface area contributed by atoms with E-state index in [0.29, 0.717) is 38.3 Å². The average Bonchev–Trinajstić information content (AvgIpc) is 3.71. The van der Waals surface area contributed by atoms with Crippen molar-refractivity contribution in [1.82, 2.24) is 20.0 Å². The zero-order chi connectivity index (χ0) is 32.3. The van der Waals surface area contributed by atoms with Crippen LogP contribution in [0.2, 0.25) is 0 Å². The van der Waals surface area contributed by atoms with Gasteiger partial charge in [0, 0.05) is 52.3 Å². The van der Waals surface area contributed by atoms with E-state index in [-0.39, 0.29) is 50.3 Å². The molecule has 7 atom stereocenters. The Bertz CT molecular complexity index is 1350. The minimum atomic E-state index is -1.34. The number of aliphatic hydroxyl groups excluding tert-OH is 1. The van der Waals surface area contributed by atoms with Crippen LogP contribution >= 0.6 is 0 Å². The van der Waals surface area contributed by atoms with Crippen LogP contribution in [0.15, 0.2) is 54.6 Å². The van der Waals surface area contributed by atoms with E-state index in [1.165, 1.54) is 4.90 Å². The van der Waals surface area contributed by atoms with Gasteiger partial charge in [-0.3, -0.25) is 24.1 Å². The number of allylic oxidation sites excluding steroid dienone is 1. The number of esters is 1. The number of amides is 3. The lowest BCUT2D eigenvalue weighted by Crippen LogP contribution is -2.57. The van der Waals surface area contributed by atoms with Gasteiger partial charge >= 0.3 is 5.97 Å². The van der Waals surface area contributed by atoms with E-state index in [0.717, 1.165) is 13.1 Å². The van der Waals surface area contributed by atoms with Gasteiger partial charge in [0.1, 0.15) is 23.7 Å². The first-order valence-electron chi connectivity index (χ1n) is 16.4. The third kappa shape index (κ3) is 6.23. The van der Waals surface area contributed by atoms with E-state index < -0.39 is 47.7 Å². The van der Waals surface area contributed by atoms with Crippen molar-refractivity contribution < 1.29 is 38.5 Å². The number of ether oxygens (including phenoxy) is 3. The number of cyclic esters (lactones) is 1. The molecule has 5 heterocycles. The van der Waals surface area contributed by atoms with Crippen LogP contribution in [0.4, 0.5) is 0 Å². The molecule has 1 aromatic rings. The van der Waals surface area contributed by atoms with Crippen LogP contribution in [0.3, 0.4) is 0 Å². The van der Waals surface area contributed by atoms with Crippen molar-refractivity contribution in [2.75, 3.05) is 59.1 Å². The highest BCUT2D eigenvalue weighted by atomic mass is 16.6. The number of hydrogen-bond donors (Lipinski definition) is 2. The van der Waals surface area contributed by atoms with Gasteiger partial charge < -0.3 is 34.4 Å². The highest BCUT2D eigenvalue weighted by molar-refractivity contribution is 5.99. The number of rotatable bonds is 7. The van der Waals surface area contributed by atoms with Crippen LogP contribution in [0.1, 0.15) is 37.9 Å². The van der Waals surface area contributed by atoms with E-state index in [1.807, 2.05) is 42.5 Å². The number of carbonyl (C=O) groups is 4. The van der Waals surface area contributed by atoms with Gasteiger partial charge in [-0.1, -0.05) is 54.6 Å². The Morgan fingerprint density at radius 3 is 2.54 bits per heavy atom. The molecule has 12 heteroatoms.